The Bertz CT molecular complexity index is 1240. The lowest BCUT2D eigenvalue weighted by atomic mass is 10.1. The number of thioether (sulfide) groups is 1. The van der Waals surface area contributed by atoms with Gasteiger partial charge in [0.2, 0.25) is 0 Å². The van der Waals surface area contributed by atoms with Crippen molar-refractivity contribution in [2.45, 2.75) is 13.8 Å². The number of rotatable bonds is 6. The molecule has 0 bridgehead atoms. The van der Waals surface area contributed by atoms with Gasteiger partial charge in [0.1, 0.15) is 5.75 Å². The molecule has 0 saturated carbocycles. The standard InChI is InChI=1S/C26H22N2O4S/c1-17-8-11-20(14-18(17)2)27-24(29)16-32-22-12-9-19(10-13-22)15-23-25(30)28(26(31)33-23)21-6-4-3-5-7-21/h3-15H,16H2,1-2H3,(H,27,29)/b23-15+. The summed E-state index contributed by atoms with van der Waals surface area (Å²) in [6.07, 6.45) is 1.67. The summed E-state index contributed by atoms with van der Waals surface area (Å²) in [6, 6.07) is 21.5. The van der Waals surface area contributed by atoms with Gasteiger partial charge in [0.25, 0.3) is 17.1 Å². The van der Waals surface area contributed by atoms with Crippen molar-refractivity contribution in [1.82, 2.24) is 0 Å². The average molecular weight is 459 g/mol. The van der Waals surface area contributed by atoms with Crippen molar-refractivity contribution in [3.8, 4) is 5.75 Å². The van der Waals surface area contributed by atoms with Crippen LogP contribution in [0.5, 0.6) is 5.75 Å². The monoisotopic (exact) mass is 458 g/mol. The molecule has 3 aromatic carbocycles. The summed E-state index contributed by atoms with van der Waals surface area (Å²) in [7, 11) is 0. The molecule has 1 N–H and O–H groups in total. The Labute approximate surface area is 196 Å². The minimum Gasteiger partial charge on any atom is -0.484 e. The SMILES string of the molecule is Cc1ccc(NC(=O)COc2ccc(/C=C3/SC(=O)N(c4ccccc4)C3=O)cc2)cc1C. The van der Waals surface area contributed by atoms with E-state index >= 15 is 0 Å². The molecule has 1 heterocycles. The number of ether oxygens (including phenoxy) is 1. The predicted molar refractivity (Wildman–Crippen MR) is 131 cm³/mol. The molecular formula is C26H22N2O4S. The van der Waals surface area contributed by atoms with E-state index < -0.39 is 0 Å². The maximum atomic E-state index is 12.7. The van der Waals surface area contributed by atoms with Gasteiger partial charge in [-0.15, -0.1) is 0 Å². The summed E-state index contributed by atoms with van der Waals surface area (Å²) >= 11 is 0.907. The van der Waals surface area contributed by atoms with Crippen molar-refractivity contribution < 1.29 is 19.1 Å². The van der Waals surface area contributed by atoms with Crippen LogP contribution in [0.4, 0.5) is 16.2 Å². The molecule has 0 aliphatic carbocycles. The largest absolute Gasteiger partial charge is 0.484 e. The first-order valence-electron chi connectivity index (χ1n) is 10.3. The lowest BCUT2D eigenvalue weighted by molar-refractivity contribution is -0.118. The average Bonchev–Trinajstić information content (AvgIpc) is 3.09. The highest BCUT2D eigenvalue weighted by molar-refractivity contribution is 8.19. The molecule has 1 saturated heterocycles. The molecule has 0 aromatic heterocycles. The van der Waals surface area contributed by atoms with E-state index in [0.29, 0.717) is 16.3 Å². The van der Waals surface area contributed by atoms with Crippen molar-refractivity contribution in [1.29, 1.82) is 0 Å². The quantitative estimate of drug-likeness (QED) is 0.489. The fraction of sp³-hybridized carbons (Fsp3) is 0.115. The summed E-state index contributed by atoms with van der Waals surface area (Å²) < 4.78 is 5.56. The van der Waals surface area contributed by atoms with Crippen LogP contribution in [0.25, 0.3) is 6.08 Å². The second-order valence-electron chi connectivity index (χ2n) is 7.56. The fourth-order valence-electron chi connectivity index (χ4n) is 3.24. The third-order valence-corrected chi connectivity index (χ3v) is 6.02. The van der Waals surface area contributed by atoms with Crippen LogP contribution in [0.2, 0.25) is 0 Å². The highest BCUT2D eigenvalue weighted by atomic mass is 32.2. The zero-order valence-electron chi connectivity index (χ0n) is 18.2. The maximum absolute atomic E-state index is 12.7. The number of imide groups is 1. The smallest absolute Gasteiger partial charge is 0.298 e. The van der Waals surface area contributed by atoms with Crippen molar-refractivity contribution >= 4 is 46.3 Å². The second-order valence-corrected chi connectivity index (χ2v) is 8.55. The Hall–Kier alpha value is -3.84. The molecular weight excluding hydrogens is 436 g/mol. The number of amides is 3. The van der Waals surface area contributed by atoms with Crippen LogP contribution in [0.15, 0.2) is 77.7 Å². The van der Waals surface area contributed by atoms with Crippen LogP contribution >= 0.6 is 11.8 Å². The normalized spacial score (nSPS) is 14.6. The van der Waals surface area contributed by atoms with E-state index in [1.54, 1.807) is 54.6 Å². The van der Waals surface area contributed by atoms with E-state index in [2.05, 4.69) is 5.32 Å². The van der Waals surface area contributed by atoms with E-state index in [-0.39, 0.29) is 23.7 Å². The first kappa shape index (κ1) is 22.4. The Morgan fingerprint density at radius 2 is 1.70 bits per heavy atom. The van der Waals surface area contributed by atoms with Crippen molar-refractivity contribution in [2.75, 3.05) is 16.8 Å². The topological polar surface area (TPSA) is 75.7 Å². The van der Waals surface area contributed by atoms with Crippen molar-refractivity contribution in [2.24, 2.45) is 0 Å². The van der Waals surface area contributed by atoms with E-state index in [1.165, 1.54) is 4.90 Å². The minimum atomic E-state index is -0.348. The summed E-state index contributed by atoms with van der Waals surface area (Å²) in [5.41, 5.74) is 4.29. The first-order valence-corrected chi connectivity index (χ1v) is 11.2. The molecule has 1 aliphatic rings. The lowest BCUT2D eigenvalue weighted by Crippen LogP contribution is -2.27. The molecule has 6 nitrogen and oxygen atoms in total. The molecule has 33 heavy (non-hydrogen) atoms. The number of nitrogens with one attached hydrogen (secondary N) is 1. The fourth-order valence-corrected chi connectivity index (χ4v) is 4.09. The first-order chi connectivity index (χ1) is 15.9. The summed E-state index contributed by atoms with van der Waals surface area (Å²) in [5, 5.41) is 2.49. The van der Waals surface area contributed by atoms with Crippen molar-refractivity contribution in [3.63, 3.8) is 0 Å². The van der Waals surface area contributed by atoms with Gasteiger partial charge < -0.3 is 10.1 Å². The highest BCUT2D eigenvalue weighted by Gasteiger charge is 2.36. The van der Waals surface area contributed by atoms with Gasteiger partial charge in [0.05, 0.1) is 10.6 Å². The van der Waals surface area contributed by atoms with Crippen LogP contribution in [-0.2, 0) is 9.59 Å². The number of anilines is 2. The lowest BCUT2D eigenvalue weighted by Gasteiger charge is -2.11. The van der Waals surface area contributed by atoms with E-state index in [9.17, 15) is 14.4 Å². The van der Waals surface area contributed by atoms with Gasteiger partial charge in [-0.3, -0.25) is 14.4 Å². The Kier molecular flexibility index (Phi) is 6.60. The third-order valence-electron chi connectivity index (χ3n) is 5.15. The summed E-state index contributed by atoms with van der Waals surface area (Å²) in [4.78, 5) is 38.7. The van der Waals surface area contributed by atoms with Crippen LogP contribution in [0, 0.1) is 13.8 Å². The molecule has 1 fully saturated rings. The van der Waals surface area contributed by atoms with Gasteiger partial charge in [0, 0.05) is 5.69 Å². The number of carbonyl (C=O) groups is 3. The predicted octanol–water partition coefficient (Wildman–Crippen LogP) is 5.56. The zero-order chi connectivity index (χ0) is 23.4. The van der Waals surface area contributed by atoms with Gasteiger partial charge in [-0.25, -0.2) is 4.90 Å². The number of nitrogens with zero attached hydrogens (tertiary/aromatic N) is 1. The number of aryl methyl sites for hydroxylation is 2. The van der Waals surface area contributed by atoms with Gasteiger partial charge in [-0.2, -0.15) is 0 Å². The van der Waals surface area contributed by atoms with Gasteiger partial charge in [0.15, 0.2) is 6.61 Å². The second kappa shape index (κ2) is 9.75. The maximum Gasteiger partial charge on any atom is 0.298 e. The molecule has 4 rings (SSSR count). The highest BCUT2D eigenvalue weighted by Crippen LogP contribution is 2.35. The summed E-state index contributed by atoms with van der Waals surface area (Å²) in [5.74, 6) is -0.0729. The molecule has 0 spiro atoms. The summed E-state index contributed by atoms with van der Waals surface area (Å²) in [6.45, 7) is 3.88. The molecule has 0 unspecified atom stereocenters. The van der Waals surface area contributed by atoms with Crippen LogP contribution in [0.1, 0.15) is 16.7 Å². The number of benzene rings is 3. The molecule has 3 aromatic rings. The molecule has 7 heteroatoms. The molecule has 3 amide bonds. The number of hydrogen-bond donors (Lipinski definition) is 1. The number of para-hydroxylation sites is 1. The zero-order valence-corrected chi connectivity index (χ0v) is 19.0. The Morgan fingerprint density at radius 3 is 2.39 bits per heavy atom. The molecule has 0 atom stereocenters. The molecule has 1 aliphatic heterocycles. The van der Waals surface area contributed by atoms with E-state index in [4.69, 9.17) is 4.74 Å². The van der Waals surface area contributed by atoms with Crippen LogP contribution < -0.4 is 15.0 Å². The Balaban J connectivity index is 1.36. The van der Waals surface area contributed by atoms with Crippen molar-refractivity contribution in [3.05, 3.63) is 94.4 Å². The van der Waals surface area contributed by atoms with Gasteiger partial charge >= 0.3 is 0 Å². The number of carbonyl (C=O) groups excluding carboxylic acids is 3. The van der Waals surface area contributed by atoms with Gasteiger partial charge in [-0.05, 0) is 84.8 Å². The van der Waals surface area contributed by atoms with Crippen LogP contribution in [-0.4, -0.2) is 23.7 Å². The Morgan fingerprint density at radius 1 is 0.970 bits per heavy atom. The third kappa shape index (κ3) is 5.32. The van der Waals surface area contributed by atoms with Crippen LogP contribution in [0.3, 0.4) is 0 Å². The number of hydrogen-bond acceptors (Lipinski definition) is 5. The molecule has 166 valence electrons. The van der Waals surface area contributed by atoms with E-state index in [1.807, 2.05) is 38.1 Å². The molecule has 0 radical (unpaired) electrons. The van der Waals surface area contributed by atoms with Gasteiger partial charge in [-0.1, -0.05) is 36.4 Å². The van der Waals surface area contributed by atoms with E-state index in [0.717, 1.165) is 34.1 Å². The minimum absolute atomic E-state index is 0.123.